The highest BCUT2D eigenvalue weighted by atomic mass is 14.2. The molecule has 0 bridgehead atoms. The monoisotopic (exact) mass is 430 g/mol. The van der Waals surface area contributed by atoms with Gasteiger partial charge in [-0.2, -0.15) is 0 Å². The Labute approximate surface area is 198 Å². The molecule has 0 N–H and O–H groups in total. The number of allylic oxidation sites excluding steroid dienone is 6. The lowest BCUT2D eigenvalue weighted by Crippen LogP contribution is -2.05. The minimum atomic E-state index is 0.301. The third-order valence-electron chi connectivity index (χ3n) is 6.63. The molecule has 0 aromatic rings. The van der Waals surface area contributed by atoms with Crippen LogP contribution in [0.3, 0.4) is 0 Å². The highest BCUT2D eigenvalue weighted by Gasteiger charge is 2.11. The molecule has 0 radical (unpaired) electrons. The lowest BCUT2D eigenvalue weighted by Gasteiger charge is -2.18. The second kappa shape index (κ2) is 22.4. The van der Waals surface area contributed by atoms with Gasteiger partial charge in [-0.05, 0) is 43.6 Å². The van der Waals surface area contributed by atoms with Gasteiger partial charge in [0.2, 0.25) is 0 Å². The Balaban J connectivity index is 3.59. The summed E-state index contributed by atoms with van der Waals surface area (Å²) >= 11 is 0. The van der Waals surface area contributed by atoms with Crippen LogP contribution in [0.4, 0.5) is 0 Å². The summed E-state index contributed by atoms with van der Waals surface area (Å²) < 4.78 is 0. The quantitative estimate of drug-likeness (QED) is 0.0909. The second-order valence-corrected chi connectivity index (χ2v) is 10.3. The van der Waals surface area contributed by atoms with Crippen LogP contribution in [-0.4, -0.2) is 0 Å². The van der Waals surface area contributed by atoms with Gasteiger partial charge in [-0.15, -0.1) is 0 Å². The Bertz CT molecular complexity index is 449. The van der Waals surface area contributed by atoms with Gasteiger partial charge in [0.15, 0.2) is 0 Å². The number of hydrogen-bond donors (Lipinski definition) is 0. The molecule has 0 rings (SSSR count). The topological polar surface area (TPSA) is 0 Å². The molecule has 0 aliphatic rings. The molecule has 0 aliphatic carbocycles. The zero-order valence-corrected chi connectivity index (χ0v) is 22.3. The van der Waals surface area contributed by atoms with Gasteiger partial charge in [0.25, 0.3) is 0 Å². The van der Waals surface area contributed by atoms with Crippen molar-refractivity contribution in [3.8, 4) is 0 Å². The first kappa shape index (κ1) is 30.2. The molecular weight excluding hydrogens is 372 g/mol. The largest absolute Gasteiger partial charge is 0.0913 e. The third kappa shape index (κ3) is 22.2. The van der Waals surface area contributed by atoms with Crippen LogP contribution in [0.15, 0.2) is 36.0 Å². The predicted octanol–water partition coefficient (Wildman–Crippen LogP) is 11.5. The molecule has 0 nitrogen and oxygen atoms in total. The molecule has 0 saturated heterocycles. The van der Waals surface area contributed by atoms with Crippen LogP contribution in [0.25, 0.3) is 0 Å². The SMILES string of the molecule is CC=CCC(C=CCCCCCCCCCCCCCCCCCC)=CC(C)(C)CC. The molecule has 31 heavy (non-hydrogen) atoms. The van der Waals surface area contributed by atoms with Crippen molar-refractivity contribution in [1.29, 1.82) is 0 Å². The van der Waals surface area contributed by atoms with Crippen molar-refractivity contribution in [2.24, 2.45) is 5.41 Å². The molecule has 0 unspecified atom stereocenters. The molecule has 0 amide bonds. The Morgan fingerprint density at radius 2 is 1.06 bits per heavy atom. The molecule has 0 fully saturated rings. The van der Waals surface area contributed by atoms with E-state index >= 15 is 0 Å². The average Bonchev–Trinajstić information content (AvgIpc) is 2.76. The van der Waals surface area contributed by atoms with E-state index in [9.17, 15) is 0 Å². The van der Waals surface area contributed by atoms with Gasteiger partial charge in [-0.1, -0.05) is 154 Å². The fourth-order valence-corrected chi connectivity index (χ4v) is 4.08. The summed E-state index contributed by atoms with van der Waals surface area (Å²) in [5.74, 6) is 0. The smallest absolute Gasteiger partial charge is 0.0101 e. The van der Waals surface area contributed by atoms with Crippen LogP contribution < -0.4 is 0 Å². The van der Waals surface area contributed by atoms with Crippen molar-refractivity contribution >= 4 is 0 Å². The minimum Gasteiger partial charge on any atom is -0.0913 e. The predicted molar refractivity (Wildman–Crippen MR) is 145 cm³/mol. The fourth-order valence-electron chi connectivity index (χ4n) is 4.08. The number of hydrogen-bond acceptors (Lipinski definition) is 0. The first-order valence-electron chi connectivity index (χ1n) is 14.0. The molecule has 0 atom stereocenters. The first-order chi connectivity index (χ1) is 15.1. The number of rotatable bonds is 22. The molecule has 0 aliphatic heterocycles. The maximum atomic E-state index is 2.47. The Hall–Kier alpha value is -0.780. The molecule has 0 aromatic carbocycles. The normalized spacial score (nSPS) is 13.1. The molecule has 0 spiro atoms. The second-order valence-electron chi connectivity index (χ2n) is 10.3. The van der Waals surface area contributed by atoms with Crippen LogP contribution in [0, 0.1) is 5.41 Å². The van der Waals surface area contributed by atoms with E-state index in [2.05, 4.69) is 65.0 Å². The van der Waals surface area contributed by atoms with Crippen LogP contribution >= 0.6 is 0 Å². The van der Waals surface area contributed by atoms with Gasteiger partial charge in [0, 0.05) is 0 Å². The zero-order valence-electron chi connectivity index (χ0n) is 22.3. The van der Waals surface area contributed by atoms with Gasteiger partial charge in [0.1, 0.15) is 0 Å². The fraction of sp³-hybridized carbons (Fsp3) is 0.806. The summed E-state index contributed by atoms with van der Waals surface area (Å²) in [6.07, 6.45) is 38.3. The van der Waals surface area contributed by atoms with Crippen molar-refractivity contribution in [3.63, 3.8) is 0 Å². The van der Waals surface area contributed by atoms with Gasteiger partial charge in [-0.3, -0.25) is 0 Å². The molecule has 182 valence electrons. The molecule has 0 saturated carbocycles. The van der Waals surface area contributed by atoms with E-state index in [1.807, 2.05) is 0 Å². The average molecular weight is 431 g/mol. The Morgan fingerprint density at radius 1 is 0.613 bits per heavy atom. The highest BCUT2D eigenvalue weighted by molar-refractivity contribution is 5.23. The van der Waals surface area contributed by atoms with E-state index in [4.69, 9.17) is 0 Å². The summed E-state index contributed by atoms with van der Waals surface area (Å²) in [5.41, 5.74) is 1.77. The standard InChI is InChI=1S/C31H58/c1-6-9-11-12-13-14-15-16-17-18-19-20-21-22-23-24-25-26-28-30(27-10-7-2)29-31(4,5)8-3/h7,10,26,28-29H,6,8-9,11-25,27H2,1-5H3. The molecular formula is C31H58. The van der Waals surface area contributed by atoms with Gasteiger partial charge < -0.3 is 0 Å². The van der Waals surface area contributed by atoms with E-state index in [1.54, 1.807) is 0 Å². The van der Waals surface area contributed by atoms with Crippen molar-refractivity contribution in [2.45, 2.75) is 157 Å². The van der Waals surface area contributed by atoms with Crippen molar-refractivity contribution in [1.82, 2.24) is 0 Å². The summed E-state index contributed by atoms with van der Waals surface area (Å²) in [6, 6.07) is 0. The van der Waals surface area contributed by atoms with Gasteiger partial charge in [-0.25, -0.2) is 0 Å². The van der Waals surface area contributed by atoms with Crippen LogP contribution in [0.2, 0.25) is 0 Å². The van der Waals surface area contributed by atoms with Crippen LogP contribution in [0.5, 0.6) is 0 Å². The zero-order chi connectivity index (χ0) is 23.0. The summed E-state index contributed by atoms with van der Waals surface area (Å²) in [4.78, 5) is 0. The van der Waals surface area contributed by atoms with Gasteiger partial charge in [0.05, 0.1) is 0 Å². The van der Waals surface area contributed by atoms with Crippen molar-refractivity contribution in [3.05, 3.63) is 36.0 Å². The molecule has 0 aromatic heterocycles. The van der Waals surface area contributed by atoms with E-state index in [0.717, 1.165) is 6.42 Å². The first-order valence-corrected chi connectivity index (χ1v) is 14.0. The molecule has 0 heterocycles. The summed E-state index contributed by atoms with van der Waals surface area (Å²) in [6.45, 7) is 11.4. The van der Waals surface area contributed by atoms with E-state index in [0.29, 0.717) is 5.41 Å². The Morgan fingerprint density at radius 3 is 1.48 bits per heavy atom. The lowest BCUT2D eigenvalue weighted by molar-refractivity contribution is 0.459. The van der Waals surface area contributed by atoms with Crippen LogP contribution in [-0.2, 0) is 0 Å². The van der Waals surface area contributed by atoms with E-state index < -0.39 is 0 Å². The minimum absolute atomic E-state index is 0.301. The van der Waals surface area contributed by atoms with Crippen molar-refractivity contribution in [2.75, 3.05) is 0 Å². The molecule has 0 heteroatoms. The number of unbranched alkanes of at least 4 members (excludes halogenated alkanes) is 16. The van der Waals surface area contributed by atoms with E-state index in [-0.39, 0.29) is 0 Å². The lowest BCUT2D eigenvalue weighted by atomic mass is 9.87. The van der Waals surface area contributed by atoms with E-state index in [1.165, 1.54) is 121 Å². The van der Waals surface area contributed by atoms with Gasteiger partial charge >= 0.3 is 0 Å². The summed E-state index contributed by atoms with van der Waals surface area (Å²) in [5, 5.41) is 0. The Kier molecular flexibility index (Phi) is 21.9. The van der Waals surface area contributed by atoms with Crippen molar-refractivity contribution < 1.29 is 0 Å². The highest BCUT2D eigenvalue weighted by Crippen LogP contribution is 2.25. The third-order valence-corrected chi connectivity index (χ3v) is 6.63. The summed E-state index contributed by atoms with van der Waals surface area (Å²) in [7, 11) is 0. The maximum absolute atomic E-state index is 2.47. The maximum Gasteiger partial charge on any atom is -0.0101 e. The van der Waals surface area contributed by atoms with Crippen LogP contribution in [0.1, 0.15) is 157 Å².